The first-order chi connectivity index (χ1) is 10.5. The maximum Gasteiger partial charge on any atom is 0.417 e. The van der Waals surface area contributed by atoms with Crippen molar-refractivity contribution < 1.29 is 21.6 Å². The van der Waals surface area contributed by atoms with Crippen molar-refractivity contribution in [2.24, 2.45) is 11.1 Å². The molecule has 0 radical (unpaired) electrons. The Labute approximate surface area is 132 Å². The number of hydrogen-bond acceptors (Lipinski definition) is 4. The third kappa shape index (κ3) is 3.34. The van der Waals surface area contributed by atoms with Crippen LogP contribution in [-0.2, 0) is 16.2 Å². The van der Waals surface area contributed by atoms with E-state index in [0.717, 1.165) is 12.1 Å². The second-order valence-corrected chi connectivity index (χ2v) is 7.86. The maximum atomic E-state index is 12.8. The molecule has 2 N–H and O–H groups in total. The summed E-state index contributed by atoms with van der Waals surface area (Å²) in [5, 5.41) is 8.88. The summed E-state index contributed by atoms with van der Waals surface area (Å²) < 4.78 is 64.7. The van der Waals surface area contributed by atoms with E-state index in [-0.39, 0.29) is 23.4 Å². The largest absolute Gasteiger partial charge is 0.417 e. The number of halogens is 3. The summed E-state index contributed by atoms with van der Waals surface area (Å²) >= 11 is 0. The Morgan fingerprint density at radius 3 is 2.57 bits per heavy atom. The monoisotopic (exact) mass is 347 g/mol. The van der Waals surface area contributed by atoms with Gasteiger partial charge in [0.05, 0.1) is 22.1 Å². The average molecular weight is 347 g/mol. The van der Waals surface area contributed by atoms with Gasteiger partial charge in [0.2, 0.25) is 10.0 Å². The first-order valence-electron chi connectivity index (χ1n) is 6.85. The lowest BCUT2D eigenvalue weighted by Gasteiger charge is -2.22. The fourth-order valence-corrected chi connectivity index (χ4v) is 4.14. The fraction of sp³-hybridized carbons (Fsp3) is 0.500. The second kappa shape index (κ2) is 5.78. The van der Waals surface area contributed by atoms with Crippen LogP contribution in [0.5, 0.6) is 0 Å². The maximum absolute atomic E-state index is 12.8. The Hall–Kier alpha value is -1.63. The summed E-state index contributed by atoms with van der Waals surface area (Å²) in [4.78, 5) is -0.316. The van der Waals surface area contributed by atoms with Crippen molar-refractivity contribution in [3.63, 3.8) is 0 Å². The Balaban J connectivity index is 2.41. The zero-order valence-corrected chi connectivity index (χ0v) is 13.2. The van der Waals surface area contributed by atoms with Crippen LogP contribution in [-0.4, -0.2) is 32.4 Å². The van der Waals surface area contributed by atoms with Crippen LogP contribution >= 0.6 is 0 Å². The summed E-state index contributed by atoms with van der Waals surface area (Å²) in [5.74, 6) is 0. The van der Waals surface area contributed by atoms with Gasteiger partial charge >= 0.3 is 6.18 Å². The van der Waals surface area contributed by atoms with Crippen LogP contribution in [0.3, 0.4) is 0 Å². The highest BCUT2D eigenvalue weighted by Gasteiger charge is 2.40. The molecule has 1 saturated heterocycles. The molecule has 9 heteroatoms. The zero-order chi connectivity index (χ0) is 17.5. The van der Waals surface area contributed by atoms with Crippen molar-refractivity contribution in [2.45, 2.75) is 24.4 Å². The lowest BCUT2D eigenvalue weighted by atomic mass is 9.90. The van der Waals surface area contributed by atoms with Crippen molar-refractivity contribution in [1.29, 1.82) is 5.26 Å². The standard InChI is InChI=1S/C14H16F3N3O2S/c1-13(8-19)4-5-20(9-13)23(21,22)11-2-3-12(14(15,16)17)10(6-11)7-18/h2-3,6H,4-5,8-9,19H2,1H3. The molecule has 1 fully saturated rings. The summed E-state index contributed by atoms with van der Waals surface area (Å²) in [6, 6.07) is 3.70. The van der Waals surface area contributed by atoms with Crippen molar-refractivity contribution in [1.82, 2.24) is 4.31 Å². The fourth-order valence-electron chi connectivity index (χ4n) is 2.52. The molecule has 23 heavy (non-hydrogen) atoms. The van der Waals surface area contributed by atoms with Gasteiger partial charge in [-0.05, 0) is 36.6 Å². The average Bonchev–Trinajstić information content (AvgIpc) is 2.89. The molecule has 0 spiro atoms. The number of nitriles is 1. The minimum absolute atomic E-state index is 0.203. The molecular formula is C14H16F3N3O2S. The number of sulfonamides is 1. The first kappa shape index (κ1) is 17.7. The Bertz CT molecular complexity index is 756. The van der Waals surface area contributed by atoms with Crippen LogP contribution in [0.4, 0.5) is 13.2 Å². The quantitative estimate of drug-likeness (QED) is 0.905. The van der Waals surface area contributed by atoms with Gasteiger partial charge in [0.25, 0.3) is 0 Å². The molecule has 1 aliphatic rings. The smallest absolute Gasteiger partial charge is 0.330 e. The number of hydrogen-bond donors (Lipinski definition) is 1. The van der Waals surface area contributed by atoms with E-state index in [4.69, 9.17) is 11.0 Å². The lowest BCUT2D eigenvalue weighted by molar-refractivity contribution is -0.137. The van der Waals surface area contributed by atoms with Gasteiger partial charge in [0, 0.05) is 13.1 Å². The number of alkyl halides is 3. The first-order valence-corrected chi connectivity index (χ1v) is 8.29. The predicted octanol–water partition coefficient (Wildman–Crippen LogP) is 1.94. The minimum atomic E-state index is -4.71. The number of nitrogens with zero attached hydrogens (tertiary/aromatic N) is 2. The van der Waals surface area contributed by atoms with Crippen LogP contribution in [0.2, 0.25) is 0 Å². The predicted molar refractivity (Wildman–Crippen MR) is 76.7 cm³/mol. The molecule has 0 aliphatic carbocycles. The number of benzene rings is 1. The number of rotatable bonds is 3. The van der Waals surface area contributed by atoms with E-state index in [9.17, 15) is 21.6 Å². The SMILES string of the molecule is CC1(CN)CCN(S(=O)(=O)c2ccc(C(F)(F)F)c(C#N)c2)C1. The van der Waals surface area contributed by atoms with Gasteiger partial charge in [-0.3, -0.25) is 0 Å². The van der Waals surface area contributed by atoms with E-state index < -0.39 is 27.3 Å². The van der Waals surface area contributed by atoms with Gasteiger partial charge < -0.3 is 5.73 Å². The molecule has 0 amide bonds. The third-order valence-electron chi connectivity index (χ3n) is 4.07. The summed E-state index contributed by atoms with van der Waals surface area (Å²) in [6.07, 6.45) is -4.13. The minimum Gasteiger partial charge on any atom is -0.330 e. The van der Waals surface area contributed by atoms with E-state index in [2.05, 4.69) is 0 Å². The summed E-state index contributed by atoms with van der Waals surface area (Å²) in [7, 11) is -3.96. The molecular weight excluding hydrogens is 331 g/mol. The van der Waals surface area contributed by atoms with Gasteiger partial charge in [-0.1, -0.05) is 6.92 Å². The molecule has 1 atom stereocenters. The van der Waals surface area contributed by atoms with Crippen molar-refractivity contribution in [3.05, 3.63) is 29.3 Å². The van der Waals surface area contributed by atoms with Gasteiger partial charge in [-0.15, -0.1) is 0 Å². The van der Waals surface area contributed by atoms with E-state index in [1.807, 2.05) is 6.92 Å². The van der Waals surface area contributed by atoms with Crippen molar-refractivity contribution in [2.75, 3.05) is 19.6 Å². The highest BCUT2D eigenvalue weighted by atomic mass is 32.2. The van der Waals surface area contributed by atoms with E-state index in [1.54, 1.807) is 0 Å². The lowest BCUT2D eigenvalue weighted by Crippen LogP contribution is -2.34. The van der Waals surface area contributed by atoms with Crippen LogP contribution in [0.25, 0.3) is 0 Å². The van der Waals surface area contributed by atoms with Gasteiger partial charge in [0.15, 0.2) is 0 Å². The molecule has 0 aromatic heterocycles. The van der Waals surface area contributed by atoms with Crippen LogP contribution in [0.1, 0.15) is 24.5 Å². The van der Waals surface area contributed by atoms with Crippen LogP contribution in [0.15, 0.2) is 23.1 Å². The highest BCUT2D eigenvalue weighted by Crippen LogP contribution is 2.35. The van der Waals surface area contributed by atoms with Crippen molar-refractivity contribution in [3.8, 4) is 6.07 Å². The third-order valence-corrected chi connectivity index (χ3v) is 5.91. The Morgan fingerprint density at radius 2 is 2.09 bits per heavy atom. The molecule has 1 unspecified atom stereocenters. The Morgan fingerprint density at radius 1 is 1.43 bits per heavy atom. The molecule has 0 bridgehead atoms. The second-order valence-electron chi connectivity index (χ2n) is 5.92. The van der Waals surface area contributed by atoms with E-state index in [0.29, 0.717) is 19.0 Å². The molecule has 1 aromatic carbocycles. The zero-order valence-electron chi connectivity index (χ0n) is 12.4. The Kier molecular flexibility index (Phi) is 4.45. The molecule has 1 heterocycles. The summed E-state index contributed by atoms with van der Waals surface area (Å²) in [6.45, 7) is 2.62. The van der Waals surface area contributed by atoms with Gasteiger partial charge in [-0.2, -0.15) is 22.7 Å². The number of nitrogens with two attached hydrogens (primary N) is 1. The normalized spacial score (nSPS) is 23.0. The van der Waals surface area contributed by atoms with Gasteiger partial charge in [-0.25, -0.2) is 8.42 Å². The molecule has 2 rings (SSSR count). The molecule has 5 nitrogen and oxygen atoms in total. The molecule has 0 saturated carbocycles. The van der Waals surface area contributed by atoms with E-state index in [1.165, 1.54) is 10.4 Å². The van der Waals surface area contributed by atoms with E-state index >= 15 is 0 Å². The molecule has 126 valence electrons. The van der Waals surface area contributed by atoms with Crippen molar-refractivity contribution >= 4 is 10.0 Å². The summed E-state index contributed by atoms with van der Waals surface area (Å²) in [5.41, 5.74) is 3.43. The molecule has 1 aromatic rings. The molecule has 1 aliphatic heterocycles. The highest BCUT2D eigenvalue weighted by molar-refractivity contribution is 7.89. The topological polar surface area (TPSA) is 87.2 Å². The van der Waals surface area contributed by atoms with Gasteiger partial charge in [0.1, 0.15) is 0 Å². The van der Waals surface area contributed by atoms with Crippen LogP contribution < -0.4 is 5.73 Å². The van der Waals surface area contributed by atoms with Crippen LogP contribution in [0, 0.1) is 16.7 Å².